The molecule has 5 heteroatoms. The number of nitrogens with zero attached hydrogens (tertiary/aromatic N) is 2. The highest BCUT2D eigenvalue weighted by Crippen LogP contribution is 2.39. The van der Waals surface area contributed by atoms with Crippen molar-refractivity contribution < 1.29 is 4.79 Å². The monoisotopic (exact) mass is 379 g/mol. The number of aromatic nitrogens is 1. The van der Waals surface area contributed by atoms with Gasteiger partial charge in [-0.05, 0) is 37.1 Å². The molecule has 3 atom stereocenters. The lowest BCUT2D eigenvalue weighted by atomic mass is 10.1. The van der Waals surface area contributed by atoms with E-state index in [2.05, 4.69) is 22.9 Å². The second-order valence-electron chi connectivity index (χ2n) is 7.67. The zero-order valence-electron chi connectivity index (χ0n) is 15.2. The van der Waals surface area contributed by atoms with Gasteiger partial charge in [-0.1, -0.05) is 48.0 Å². The van der Waals surface area contributed by atoms with Crippen molar-refractivity contribution in [1.82, 2.24) is 14.8 Å². The molecule has 27 heavy (non-hydrogen) atoms. The van der Waals surface area contributed by atoms with E-state index in [-0.39, 0.29) is 18.0 Å². The van der Waals surface area contributed by atoms with E-state index >= 15 is 0 Å². The Hall–Kier alpha value is -2.30. The van der Waals surface area contributed by atoms with Gasteiger partial charge in [0.1, 0.15) is 5.69 Å². The third-order valence-corrected chi connectivity index (χ3v) is 6.50. The number of aromatic amines is 1. The summed E-state index contributed by atoms with van der Waals surface area (Å²) < 4.78 is 0. The van der Waals surface area contributed by atoms with Crippen LogP contribution in [-0.4, -0.2) is 45.9 Å². The Balaban J connectivity index is 1.33. The predicted molar refractivity (Wildman–Crippen MR) is 108 cm³/mol. The minimum absolute atomic E-state index is 0.115. The zero-order valence-corrected chi connectivity index (χ0v) is 16.0. The first-order valence-electron chi connectivity index (χ1n) is 9.50. The van der Waals surface area contributed by atoms with Crippen molar-refractivity contribution in [3.05, 3.63) is 70.9 Å². The molecular weight excluding hydrogens is 358 g/mol. The van der Waals surface area contributed by atoms with Crippen molar-refractivity contribution in [2.45, 2.75) is 31.5 Å². The lowest BCUT2D eigenvalue weighted by Crippen LogP contribution is -2.49. The smallest absolute Gasteiger partial charge is 0.270 e. The molecule has 3 unspecified atom stereocenters. The average Bonchev–Trinajstić information content (AvgIpc) is 3.40. The summed E-state index contributed by atoms with van der Waals surface area (Å²) >= 11 is 6.40. The van der Waals surface area contributed by atoms with Gasteiger partial charge in [0.25, 0.3) is 5.91 Å². The molecule has 0 aliphatic carbocycles. The first-order valence-corrected chi connectivity index (χ1v) is 9.88. The van der Waals surface area contributed by atoms with Crippen LogP contribution in [0.2, 0.25) is 5.02 Å². The van der Waals surface area contributed by atoms with E-state index < -0.39 is 0 Å². The number of hydrogen-bond acceptors (Lipinski definition) is 2. The minimum Gasteiger partial charge on any atom is -0.351 e. The van der Waals surface area contributed by atoms with Crippen LogP contribution in [-0.2, 0) is 0 Å². The molecule has 4 nitrogen and oxygen atoms in total. The van der Waals surface area contributed by atoms with Crippen molar-refractivity contribution in [2.24, 2.45) is 0 Å². The first kappa shape index (κ1) is 16.8. The van der Waals surface area contributed by atoms with Crippen LogP contribution < -0.4 is 0 Å². The number of fused-ring (bicyclic) bond motifs is 3. The molecule has 1 N–H and O–H groups in total. The van der Waals surface area contributed by atoms with Crippen LogP contribution in [0.15, 0.2) is 54.6 Å². The molecule has 1 aromatic heterocycles. The lowest BCUT2D eigenvalue weighted by Gasteiger charge is -2.38. The molecule has 3 aromatic rings. The van der Waals surface area contributed by atoms with E-state index in [0.29, 0.717) is 11.7 Å². The Morgan fingerprint density at radius 1 is 1.11 bits per heavy atom. The van der Waals surface area contributed by atoms with Gasteiger partial charge in [-0.3, -0.25) is 9.69 Å². The molecule has 0 saturated carbocycles. The Morgan fingerprint density at radius 2 is 1.89 bits per heavy atom. The van der Waals surface area contributed by atoms with Crippen LogP contribution in [0.5, 0.6) is 0 Å². The number of piperazine rings is 1. The largest absolute Gasteiger partial charge is 0.351 e. The summed E-state index contributed by atoms with van der Waals surface area (Å²) in [5.41, 5.74) is 2.87. The number of H-pyrrole nitrogens is 1. The molecule has 3 heterocycles. The summed E-state index contributed by atoms with van der Waals surface area (Å²) in [6.45, 7) is 3.91. The third kappa shape index (κ3) is 2.75. The van der Waals surface area contributed by atoms with Crippen LogP contribution >= 0.6 is 11.6 Å². The summed E-state index contributed by atoms with van der Waals surface area (Å²) in [6, 6.07) is 19.0. The van der Waals surface area contributed by atoms with Crippen LogP contribution in [0, 0.1) is 0 Å². The number of benzene rings is 2. The quantitative estimate of drug-likeness (QED) is 0.728. The van der Waals surface area contributed by atoms with Gasteiger partial charge in [0.05, 0.1) is 0 Å². The fraction of sp³-hybridized carbons (Fsp3) is 0.318. The van der Waals surface area contributed by atoms with Crippen molar-refractivity contribution >= 4 is 28.4 Å². The van der Waals surface area contributed by atoms with E-state index in [0.717, 1.165) is 35.4 Å². The number of para-hydroxylation sites is 1. The molecule has 0 spiro atoms. The van der Waals surface area contributed by atoms with Gasteiger partial charge in [-0.15, -0.1) is 0 Å². The van der Waals surface area contributed by atoms with Crippen LogP contribution in [0.25, 0.3) is 10.9 Å². The topological polar surface area (TPSA) is 39.3 Å². The van der Waals surface area contributed by atoms with Crippen LogP contribution in [0.3, 0.4) is 0 Å². The fourth-order valence-electron chi connectivity index (χ4n) is 4.76. The van der Waals surface area contributed by atoms with Gasteiger partial charge in [-0.25, -0.2) is 0 Å². The summed E-state index contributed by atoms with van der Waals surface area (Å²) in [6.07, 6.45) is 1.04. The Kier molecular flexibility index (Phi) is 3.99. The number of carbonyl (C=O) groups is 1. The molecule has 2 aliphatic heterocycles. The van der Waals surface area contributed by atoms with Crippen molar-refractivity contribution in [1.29, 1.82) is 0 Å². The van der Waals surface area contributed by atoms with Gasteiger partial charge < -0.3 is 9.88 Å². The summed E-state index contributed by atoms with van der Waals surface area (Å²) in [4.78, 5) is 20.9. The normalized spacial score (nSPS) is 23.3. The third-order valence-electron chi connectivity index (χ3n) is 6.16. The van der Waals surface area contributed by atoms with Gasteiger partial charge >= 0.3 is 0 Å². The second-order valence-corrected chi connectivity index (χ2v) is 8.07. The number of nitrogens with one attached hydrogen (secondary N) is 1. The van der Waals surface area contributed by atoms with E-state index in [4.69, 9.17) is 11.6 Å². The van der Waals surface area contributed by atoms with Gasteiger partial charge in [0.2, 0.25) is 0 Å². The van der Waals surface area contributed by atoms with E-state index in [1.54, 1.807) is 0 Å². The molecule has 138 valence electrons. The molecule has 0 radical (unpaired) electrons. The number of rotatable bonds is 3. The number of halogens is 1. The first-order chi connectivity index (χ1) is 13.1. The highest BCUT2D eigenvalue weighted by Gasteiger charge is 2.47. The van der Waals surface area contributed by atoms with E-state index in [1.165, 1.54) is 5.56 Å². The SMILES string of the molecule is CC(c1ccccc1Cl)N1CC2CC1CN2C(=O)c1cc2ccccc2[nH]1. The highest BCUT2D eigenvalue weighted by atomic mass is 35.5. The molecule has 2 bridgehead atoms. The van der Waals surface area contributed by atoms with Gasteiger partial charge in [0, 0.05) is 47.1 Å². The Bertz CT molecular complexity index is 980. The molecule has 2 aromatic carbocycles. The second kappa shape index (κ2) is 6.39. The van der Waals surface area contributed by atoms with Gasteiger partial charge in [0.15, 0.2) is 0 Å². The predicted octanol–water partition coefficient (Wildman–Crippen LogP) is 4.48. The molecule has 1 amide bonds. The fourth-order valence-corrected chi connectivity index (χ4v) is 5.05. The maximum absolute atomic E-state index is 13.1. The Morgan fingerprint density at radius 3 is 2.63 bits per heavy atom. The molecule has 2 fully saturated rings. The number of hydrogen-bond donors (Lipinski definition) is 1. The minimum atomic E-state index is 0.115. The van der Waals surface area contributed by atoms with Crippen molar-refractivity contribution in [3.8, 4) is 0 Å². The average molecular weight is 380 g/mol. The summed E-state index contributed by atoms with van der Waals surface area (Å²) in [7, 11) is 0. The molecule has 2 saturated heterocycles. The van der Waals surface area contributed by atoms with Crippen molar-refractivity contribution in [3.63, 3.8) is 0 Å². The Labute approximate surface area is 163 Å². The molecule has 2 aliphatic rings. The van der Waals surface area contributed by atoms with Gasteiger partial charge in [-0.2, -0.15) is 0 Å². The molecule has 5 rings (SSSR count). The lowest BCUT2D eigenvalue weighted by molar-refractivity contribution is 0.0565. The highest BCUT2D eigenvalue weighted by molar-refractivity contribution is 6.31. The van der Waals surface area contributed by atoms with Crippen LogP contribution in [0.4, 0.5) is 0 Å². The van der Waals surface area contributed by atoms with E-state index in [9.17, 15) is 4.79 Å². The van der Waals surface area contributed by atoms with Crippen molar-refractivity contribution in [2.75, 3.05) is 13.1 Å². The zero-order chi connectivity index (χ0) is 18.5. The number of amides is 1. The summed E-state index contributed by atoms with van der Waals surface area (Å²) in [5, 5.41) is 1.90. The van der Waals surface area contributed by atoms with Crippen LogP contribution in [0.1, 0.15) is 35.4 Å². The molecular formula is C22H22ClN3O. The number of likely N-dealkylation sites (tertiary alicyclic amines) is 2. The maximum atomic E-state index is 13.1. The standard InChI is InChI=1S/C22H22ClN3O/c1-14(18-7-3-4-8-19(18)23)25-12-17-11-16(25)13-26(17)22(27)21-10-15-6-2-5-9-20(15)24-21/h2-10,14,16-17,24H,11-13H2,1H3. The summed E-state index contributed by atoms with van der Waals surface area (Å²) in [5.74, 6) is 0.115. The van der Waals surface area contributed by atoms with E-state index in [1.807, 2.05) is 53.4 Å². The maximum Gasteiger partial charge on any atom is 0.270 e. The number of carbonyl (C=O) groups excluding carboxylic acids is 1.